The van der Waals surface area contributed by atoms with Crippen molar-refractivity contribution in [3.63, 3.8) is 0 Å². The summed E-state index contributed by atoms with van der Waals surface area (Å²) in [7, 11) is 0. The van der Waals surface area contributed by atoms with Crippen LogP contribution < -0.4 is 0 Å². The quantitative estimate of drug-likeness (QED) is 0.0681. The average Bonchev–Trinajstić information content (AvgIpc) is 2.90. The molecule has 8 heteroatoms. The van der Waals surface area contributed by atoms with Crippen LogP contribution in [0.3, 0.4) is 0 Å². The van der Waals surface area contributed by atoms with Gasteiger partial charge in [0.2, 0.25) is 0 Å². The predicted molar refractivity (Wildman–Crippen MR) is 142 cm³/mol. The van der Waals surface area contributed by atoms with Crippen LogP contribution in [-0.2, 0) is 38.2 Å². The molecule has 0 bridgehead atoms. The minimum Gasteiger partial charge on any atom is -0.462 e. The molecule has 0 fully saturated rings. The Morgan fingerprint density at radius 1 is 0.730 bits per heavy atom. The third-order valence-corrected chi connectivity index (χ3v) is 5.91. The summed E-state index contributed by atoms with van der Waals surface area (Å²) < 4.78 is 15.5. The highest BCUT2D eigenvalue weighted by atomic mass is 16.6. The van der Waals surface area contributed by atoms with Crippen LogP contribution in [0.25, 0.3) is 0 Å². The van der Waals surface area contributed by atoms with Gasteiger partial charge in [-0.3, -0.25) is 14.4 Å². The second-order valence-corrected chi connectivity index (χ2v) is 9.11. The number of rotatable bonds is 24. The Morgan fingerprint density at radius 3 is 1.81 bits per heavy atom. The van der Waals surface area contributed by atoms with Crippen molar-refractivity contribution >= 4 is 29.5 Å². The molecule has 8 nitrogen and oxygen atoms in total. The predicted octanol–water partition coefficient (Wildman–Crippen LogP) is 5.75. The molecule has 210 valence electrons. The fraction of sp³-hybridized carbons (Fsp3) is 0.690. The van der Waals surface area contributed by atoms with Crippen LogP contribution in [0.4, 0.5) is 0 Å². The van der Waals surface area contributed by atoms with E-state index in [1.165, 1.54) is 44.9 Å². The normalized spacial score (nSPS) is 12.2. The van der Waals surface area contributed by atoms with Crippen LogP contribution >= 0.6 is 0 Å². The molecular weight excluding hydrogens is 476 g/mol. The van der Waals surface area contributed by atoms with Crippen molar-refractivity contribution in [2.75, 3.05) is 6.61 Å². The summed E-state index contributed by atoms with van der Waals surface area (Å²) in [6.07, 6.45) is 12.0. The minimum atomic E-state index is -1.19. The third-order valence-electron chi connectivity index (χ3n) is 5.91. The molecule has 0 aliphatic carbocycles. The van der Waals surface area contributed by atoms with Gasteiger partial charge in [0, 0.05) is 25.0 Å². The van der Waals surface area contributed by atoms with Crippen LogP contribution in [0, 0.1) is 0 Å². The van der Waals surface area contributed by atoms with Gasteiger partial charge in [-0.2, -0.15) is 0 Å². The van der Waals surface area contributed by atoms with E-state index in [9.17, 15) is 24.0 Å². The van der Waals surface area contributed by atoms with Gasteiger partial charge in [-0.25, -0.2) is 9.59 Å². The van der Waals surface area contributed by atoms with Crippen molar-refractivity contribution in [1.29, 1.82) is 0 Å². The molecule has 0 N–H and O–H groups in total. The van der Waals surface area contributed by atoms with Gasteiger partial charge in [0.05, 0.1) is 12.8 Å². The van der Waals surface area contributed by atoms with Crippen molar-refractivity contribution in [2.45, 2.75) is 122 Å². The van der Waals surface area contributed by atoms with Crippen LogP contribution in [0.2, 0.25) is 0 Å². The molecule has 0 aromatic heterocycles. The number of ether oxygens (including phenoxy) is 3. The number of hydrogen-bond donors (Lipinski definition) is 0. The van der Waals surface area contributed by atoms with Crippen molar-refractivity contribution in [3.8, 4) is 0 Å². The van der Waals surface area contributed by atoms with Gasteiger partial charge in [0.1, 0.15) is 18.5 Å². The summed E-state index contributed by atoms with van der Waals surface area (Å²) >= 11 is 0. The van der Waals surface area contributed by atoms with E-state index in [2.05, 4.69) is 20.1 Å². The fourth-order valence-electron chi connectivity index (χ4n) is 3.69. The summed E-state index contributed by atoms with van der Waals surface area (Å²) in [5.74, 6) is -2.77. The lowest BCUT2D eigenvalue weighted by Crippen LogP contribution is -2.29. The Kier molecular flexibility index (Phi) is 20.8. The van der Waals surface area contributed by atoms with Gasteiger partial charge in [-0.15, -0.1) is 0 Å². The standard InChI is InChI=1S/C29H46O8/c1-5-9-10-11-12-13-14-15-16-17-18-24(36-27(32)7-3)22-35-29(34)20-19-23(30)21-26(25(31)6-2)37-28(33)8-4/h7-8,24,26H,3-6,9-22H2,1-2H3. The van der Waals surface area contributed by atoms with E-state index in [-0.39, 0.29) is 38.1 Å². The molecule has 0 amide bonds. The average molecular weight is 523 g/mol. The summed E-state index contributed by atoms with van der Waals surface area (Å²) in [6.45, 7) is 10.4. The lowest BCUT2D eigenvalue weighted by molar-refractivity contribution is -0.156. The van der Waals surface area contributed by atoms with Gasteiger partial charge >= 0.3 is 17.9 Å². The Bertz CT molecular complexity index is 727. The van der Waals surface area contributed by atoms with Crippen molar-refractivity contribution in [3.05, 3.63) is 25.3 Å². The molecule has 37 heavy (non-hydrogen) atoms. The number of hydrogen-bond acceptors (Lipinski definition) is 8. The maximum absolute atomic E-state index is 12.2. The second kappa shape index (κ2) is 22.4. The van der Waals surface area contributed by atoms with Crippen LogP contribution in [0.15, 0.2) is 25.3 Å². The Hall–Kier alpha value is -2.77. The molecule has 0 aliphatic rings. The fourth-order valence-corrected chi connectivity index (χ4v) is 3.69. The molecule has 2 unspecified atom stereocenters. The monoisotopic (exact) mass is 522 g/mol. The van der Waals surface area contributed by atoms with E-state index < -0.39 is 35.9 Å². The zero-order valence-electron chi connectivity index (χ0n) is 22.8. The summed E-state index contributed by atoms with van der Waals surface area (Å²) in [4.78, 5) is 59.4. The molecule has 0 saturated heterocycles. The maximum atomic E-state index is 12.2. The molecule has 0 aromatic rings. The summed E-state index contributed by atoms with van der Waals surface area (Å²) in [6, 6.07) is 0. The van der Waals surface area contributed by atoms with Gasteiger partial charge in [-0.1, -0.05) is 84.8 Å². The third kappa shape index (κ3) is 19.1. The number of esters is 3. The first kappa shape index (κ1) is 34.2. The largest absolute Gasteiger partial charge is 0.462 e. The number of unbranched alkanes of at least 4 members (excludes halogenated alkanes) is 9. The van der Waals surface area contributed by atoms with Crippen LogP contribution in [0.1, 0.15) is 110 Å². The topological polar surface area (TPSA) is 113 Å². The highest BCUT2D eigenvalue weighted by molar-refractivity contribution is 5.93. The lowest BCUT2D eigenvalue weighted by atomic mass is 10.0. The van der Waals surface area contributed by atoms with Crippen molar-refractivity contribution in [2.24, 2.45) is 0 Å². The van der Waals surface area contributed by atoms with Crippen LogP contribution in [-0.4, -0.2) is 48.3 Å². The van der Waals surface area contributed by atoms with Gasteiger partial charge in [0.25, 0.3) is 0 Å². The SMILES string of the molecule is C=CC(=O)OC(CCCCCCCCCCCC)COC(=O)CCC(=O)CC(OC(=O)C=C)C(=O)CC. The number of carbonyl (C=O) groups excluding carboxylic acids is 5. The molecule has 0 rings (SSSR count). The van der Waals surface area contributed by atoms with Gasteiger partial charge in [-0.05, 0) is 12.8 Å². The summed E-state index contributed by atoms with van der Waals surface area (Å²) in [5.41, 5.74) is 0. The first-order chi connectivity index (χ1) is 17.8. The minimum absolute atomic E-state index is 0.0993. The molecule has 0 spiro atoms. The van der Waals surface area contributed by atoms with Crippen molar-refractivity contribution < 1.29 is 38.2 Å². The highest BCUT2D eigenvalue weighted by Crippen LogP contribution is 2.14. The van der Waals surface area contributed by atoms with E-state index in [1.54, 1.807) is 6.92 Å². The molecule has 0 aliphatic heterocycles. The number of ketones is 2. The lowest BCUT2D eigenvalue weighted by Gasteiger charge is -2.17. The van der Waals surface area contributed by atoms with Crippen LogP contribution in [0.5, 0.6) is 0 Å². The van der Waals surface area contributed by atoms with Gasteiger partial charge in [0.15, 0.2) is 11.9 Å². The van der Waals surface area contributed by atoms with E-state index in [1.807, 2.05) is 0 Å². The first-order valence-electron chi connectivity index (χ1n) is 13.6. The van der Waals surface area contributed by atoms with E-state index in [0.29, 0.717) is 6.42 Å². The summed E-state index contributed by atoms with van der Waals surface area (Å²) in [5, 5.41) is 0. The Balaban J connectivity index is 4.38. The van der Waals surface area contributed by atoms with E-state index in [0.717, 1.165) is 31.4 Å². The number of Topliss-reactive ketones (excluding diaryl/α,β-unsaturated/α-hetero) is 2. The maximum Gasteiger partial charge on any atom is 0.330 e. The van der Waals surface area contributed by atoms with Crippen molar-refractivity contribution in [1.82, 2.24) is 0 Å². The Morgan fingerprint density at radius 2 is 1.27 bits per heavy atom. The van der Waals surface area contributed by atoms with Gasteiger partial charge < -0.3 is 14.2 Å². The molecule has 0 aromatic carbocycles. The molecular formula is C29H46O8. The highest BCUT2D eigenvalue weighted by Gasteiger charge is 2.24. The Labute approximate surface area is 222 Å². The smallest absolute Gasteiger partial charge is 0.330 e. The van der Waals surface area contributed by atoms with E-state index in [4.69, 9.17) is 14.2 Å². The zero-order valence-corrected chi connectivity index (χ0v) is 22.8. The second-order valence-electron chi connectivity index (χ2n) is 9.11. The first-order valence-corrected chi connectivity index (χ1v) is 13.6. The molecule has 0 radical (unpaired) electrons. The molecule has 2 atom stereocenters. The van der Waals surface area contributed by atoms with E-state index >= 15 is 0 Å². The number of carbonyl (C=O) groups is 5. The molecule has 0 saturated carbocycles. The zero-order chi connectivity index (χ0) is 27.9. The molecule has 0 heterocycles.